The predicted molar refractivity (Wildman–Crippen MR) is 146 cm³/mol. The van der Waals surface area contributed by atoms with Crippen molar-refractivity contribution in [3.8, 4) is 22.8 Å². The quantitative estimate of drug-likeness (QED) is 0.316. The minimum Gasteiger partial charge on any atom is -0.493 e. The fraction of sp³-hybridized carbons (Fsp3) is 0.292. The number of ether oxygens (including phenoxy) is 2. The number of rotatable bonds is 7. The van der Waals surface area contributed by atoms with Crippen molar-refractivity contribution < 1.29 is 17.9 Å². The van der Waals surface area contributed by atoms with E-state index in [0.29, 0.717) is 48.9 Å². The predicted octanol–water partition coefficient (Wildman–Crippen LogP) is 3.45. The molecule has 38 heavy (non-hydrogen) atoms. The van der Waals surface area contributed by atoms with Gasteiger partial charge in [0.15, 0.2) is 17.7 Å². The van der Waals surface area contributed by atoms with Gasteiger partial charge >= 0.3 is 0 Å². The van der Waals surface area contributed by atoms with E-state index in [9.17, 15) is 8.42 Å². The van der Waals surface area contributed by atoms with Gasteiger partial charge in [-0.2, -0.15) is 9.40 Å². The third-order valence-corrected chi connectivity index (χ3v) is 8.23. The number of aromatic amines is 1. The molecule has 200 valence electrons. The van der Waals surface area contributed by atoms with Gasteiger partial charge in [0.2, 0.25) is 10.0 Å². The Bertz CT molecular complexity index is 1550. The summed E-state index contributed by atoms with van der Waals surface area (Å²) in [5.74, 6) is 1.60. The summed E-state index contributed by atoms with van der Waals surface area (Å²) in [6, 6.07) is 7.38. The van der Waals surface area contributed by atoms with Crippen LogP contribution in [0.1, 0.15) is 11.8 Å². The lowest BCUT2D eigenvalue weighted by atomic mass is 10.1. The Hall–Kier alpha value is -3.16. The number of nitrogens with zero attached hydrogens (tertiary/aromatic N) is 5. The fourth-order valence-electron chi connectivity index (χ4n) is 4.35. The Kier molecular flexibility index (Phi) is 7.34. The van der Waals surface area contributed by atoms with Gasteiger partial charge in [0.05, 0.1) is 28.9 Å². The average Bonchev–Trinajstić information content (AvgIpc) is 3.30. The minimum atomic E-state index is -3.19. The smallest absolute Gasteiger partial charge is 0.211 e. The molecule has 4 heterocycles. The summed E-state index contributed by atoms with van der Waals surface area (Å²) in [5.41, 5.74) is 8.89. The molecule has 0 saturated carbocycles. The van der Waals surface area contributed by atoms with Gasteiger partial charge in [-0.05, 0) is 18.2 Å². The molecule has 3 N–H and O–H groups in total. The summed E-state index contributed by atoms with van der Waals surface area (Å²) in [6.45, 7) is 1.98. The number of hydrogen-bond donors (Lipinski definition) is 2. The van der Waals surface area contributed by atoms with Crippen LogP contribution in [-0.4, -0.2) is 72.4 Å². The number of hydrogen-bond acceptors (Lipinski definition) is 9. The maximum atomic E-state index is 11.8. The zero-order chi connectivity index (χ0) is 27.0. The lowest BCUT2D eigenvalue weighted by molar-refractivity contribution is 0.204. The van der Waals surface area contributed by atoms with Crippen molar-refractivity contribution in [1.29, 1.82) is 0 Å². The van der Waals surface area contributed by atoms with Gasteiger partial charge in [0, 0.05) is 67.3 Å². The monoisotopic (exact) mass is 577 g/mol. The molecule has 3 aromatic heterocycles. The molecule has 0 unspecified atom stereocenters. The van der Waals surface area contributed by atoms with Crippen LogP contribution in [0.5, 0.6) is 11.5 Å². The Balaban J connectivity index is 1.41. The molecule has 0 aliphatic carbocycles. The highest BCUT2D eigenvalue weighted by atomic mass is 35.5. The maximum absolute atomic E-state index is 11.8. The number of H-pyrrole nitrogens is 1. The lowest BCUT2D eigenvalue weighted by Crippen LogP contribution is -2.48. The average molecular weight is 578 g/mol. The normalized spacial score (nSPS) is 15.6. The van der Waals surface area contributed by atoms with Crippen molar-refractivity contribution in [2.24, 2.45) is 5.73 Å². The highest BCUT2D eigenvalue weighted by Crippen LogP contribution is 2.39. The van der Waals surface area contributed by atoms with Crippen molar-refractivity contribution in [2.75, 3.05) is 44.4 Å². The Morgan fingerprint density at radius 3 is 2.37 bits per heavy atom. The molecule has 1 aliphatic heterocycles. The molecular formula is C24H25Cl2N7O4S. The molecule has 1 fully saturated rings. The molecule has 0 amide bonds. The minimum absolute atomic E-state index is 0.290. The van der Waals surface area contributed by atoms with E-state index in [1.807, 2.05) is 12.1 Å². The molecule has 1 saturated heterocycles. The third-order valence-electron chi connectivity index (χ3n) is 6.33. The standard InChI is InChI=1S/C24H25Cl2N7O4S/c1-36-19-10-18-15(9-20(19)37-24(27)22-16(25)12-28-13-17(22)26)23(31-30-18)14-3-4-21(29-11-14)32-5-7-33(8-6-32)38(2,34)35/h3-4,9-13,24H,5-8,27H2,1-2H3,(H,30,31)/t24-/m0/s1. The van der Waals surface area contributed by atoms with Gasteiger partial charge < -0.3 is 14.4 Å². The molecule has 0 radical (unpaired) electrons. The number of pyridine rings is 2. The van der Waals surface area contributed by atoms with Crippen LogP contribution in [0.4, 0.5) is 5.82 Å². The van der Waals surface area contributed by atoms with Gasteiger partial charge in [-0.3, -0.25) is 15.8 Å². The molecule has 4 aromatic rings. The first-order chi connectivity index (χ1) is 18.2. The van der Waals surface area contributed by atoms with Gasteiger partial charge in [-0.25, -0.2) is 13.4 Å². The summed E-state index contributed by atoms with van der Waals surface area (Å²) < 4.78 is 36.6. The van der Waals surface area contributed by atoms with Crippen molar-refractivity contribution in [3.05, 3.63) is 58.5 Å². The van der Waals surface area contributed by atoms with Crippen molar-refractivity contribution in [3.63, 3.8) is 0 Å². The van der Waals surface area contributed by atoms with E-state index in [1.165, 1.54) is 30.1 Å². The van der Waals surface area contributed by atoms with E-state index in [1.54, 1.807) is 18.3 Å². The Morgan fingerprint density at radius 1 is 1.05 bits per heavy atom. The Labute approximate surface area is 229 Å². The highest BCUT2D eigenvalue weighted by molar-refractivity contribution is 7.88. The van der Waals surface area contributed by atoms with Crippen molar-refractivity contribution in [2.45, 2.75) is 6.23 Å². The van der Waals surface area contributed by atoms with Crippen LogP contribution in [0.15, 0.2) is 42.9 Å². The van der Waals surface area contributed by atoms with Crippen LogP contribution >= 0.6 is 23.2 Å². The maximum Gasteiger partial charge on any atom is 0.211 e. The van der Waals surface area contributed by atoms with Crippen LogP contribution in [0.2, 0.25) is 10.0 Å². The fourth-order valence-corrected chi connectivity index (χ4v) is 5.75. The molecule has 1 atom stereocenters. The van der Waals surface area contributed by atoms with Crippen molar-refractivity contribution in [1.82, 2.24) is 24.5 Å². The molecule has 1 aromatic carbocycles. The number of piperazine rings is 1. The van der Waals surface area contributed by atoms with E-state index in [0.717, 1.165) is 22.3 Å². The largest absolute Gasteiger partial charge is 0.493 e. The number of halogens is 2. The first kappa shape index (κ1) is 26.4. The van der Waals surface area contributed by atoms with Crippen LogP contribution in [0, 0.1) is 0 Å². The molecule has 1 aliphatic rings. The second kappa shape index (κ2) is 10.5. The third kappa shape index (κ3) is 5.22. The number of fused-ring (bicyclic) bond motifs is 1. The van der Waals surface area contributed by atoms with E-state index in [2.05, 4.69) is 25.1 Å². The van der Waals surface area contributed by atoms with Gasteiger partial charge in [0.25, 0.3) is 0 Å². The summed E-state index contributed by atoms with van der Waals surface area (Å²) in [5, 5.41) is 8.86. The second-order valence-corrected chi connectivity index (χ2v) is 11.5. The number of sulfonamides is 1. The SMILES string of the molecule is COc1cc2[nH]nc(-c3ccc(N4CCN(S(C)(=O)=O)CC4)nc3)c2cc1O[C@H](N)c1c(Cl)cncc1Cl. The van der Waals surface area contributed by atoms with Crippen LogP contribution in [0.25, 0.3) is 22.2 Å². The topological polar surface area (TPSA) is 140 Å². The van der Waals surface area contributed by atoms with E-state index in [4.69, 9.17) is 38.4 Å². The number of nitrogens with one attached hydrogen (secondary N) is 1. The number of benzene rings is 1. The van der Waals surface area contributed by atoms with Crippen molar-refractivity contribution >= 4 is 49.9 Å². The zero-order valence-electron chi connectivity index (χ0n) is 20.6. The van der Waals surface area contributed by atoms with Crippen LogP contribution in [-0.2, 0) is 10.0 Å². The molecule has 11 nitrogen and oxygen atoms in total. The zero-order valence-corrected chi connectivity index (χ0v) is 22.9. The summed E-state index contributed by atoms with van der Waals surface area (Å²) in [4.78, 5) is 10.6. The number of methoxy groups -OCH3 is 1. The van der Waals surface area contributed by atoms with Gasteiger partial charge in [0.1, 0.15) is 11.5 Å². The van der Waals surface area contributed by atoms with Crippen LogP contribution < -0.4 is 20.1 Å². The number of aromatic nitrogens is 4. The summed E-state index contributed by atoms with van der Waals surface area (Å²) in [6.07, 6.45) is 4.89. The summed E-state index contributed by atoms with van der Waals surface area (Å²) in [7, 11) is -1.66. The Morgan fingerprint density at radius 2 is 1.76 bits per heavy atom. The second-order valence-electron chi connectivity index (χ2n) is 8.73. The molecule has 0 bridgehead atoms. The van der Waals surface area contributed by atoms with E-state index >= 15 is 0 Å². The molecule has 14 heteroatoms. The lowest BCUT2D eigenvalue weighted by Gasteiger charge is -2.33. The van der Waals surface area contributed by atoms with Gasteiger partial charge in [-0.1, -0.05) is 23.2 Å². The van der Waals surface area contributed by atoms with E-state index in [-0.39, 0.29) is 10.0 Å². The molecular weight excluding hydrogens is 553 g/mol. The first-order valence-corrected chi connectivity index (χ1v) is 14.2. The summed E-state index contributed by atoms with van der Waals surface area (Å²) >= 11 is 12.5. The molecule has 5 rings (SSSR count). The van der Waals surface area contributed by atoms with Crippen LogP contribution in [0.3, 0.4) is 0 Å². The number of anilines is 1. The van der Waals surface area contributed by atoms with E-state index < -0.39 is 16.3 Å². The number of nitrogens with two attached hydrogens (primary N) is 1. The highest BCUT2D eigenvalue weighted by Gasteiger charge is 2.24. The van der Waals surface area contributed by atoms with Gasteiger partial charge in [-0.15, -0.1) is 0 Å². The first-order valence-electron chi connectivity index (χ1n) is 11.6. The molecule has 0 spiro atoms.